The van der Waals surface area contributed by atoms with E-state index in [4.69, 9.17) is 0 Å². The van der Waals surface area contributed by atoms with Crippen molar-refractivity contribution in [2.24, 2.45) is 0 Å². The van der Waals surface area contributed by atoms with Crippen LogP contribution < -0.4 is 5.56 Å². The monoisotopic (exact) mass is 287 g/mol. The van der Waals surface area contributed by atoms with Crippen LogP contribution in [0.3, 0.4) is 0 Å². The Morgan fingerprint density at radius 1 is 0.857 bits per heavy atom. The van der Waals surface area contributed by atoms with Gasteiger partial charge in [0.25, 0.3) is 5.56 Å². The smallest absolute Gasteiger partial charge is 0.251 e. The van der Waals surface area contributed by atoms with Crippen molar-refractivity contribution >= 4 is 0 Å². The number of benzene rings is 1. The summed E-state index contributed by atoms with van der Waals surface area (Å²) < 4.78 is 0. The van der Waals surface area contributed by atoms with E-state index >= 15 is 0 Å². The quantitative estimate of drug-likeness (QED) is 0.803. The molecule has 1 N–H and O–H groups in total. The first-order valence-electron chi connectivity index (χ1n) is 7.16. The maximum atomic E-state index is 11.0. The minimum absolute atomic E-state index is 0. The second kappa shape index (κ2) is 9.17. The van der Waals surface area contributed by atoms with Gasteiger partial charge in [0.2, 0.25) is 0 Å². The summed E-state index contributed by atoms with van der Waals surface area (Å²) in [7, 11) is 0. The molecule has 21 heavy (non-hydrogen) atoms. The van der Waals surface area contributed by atoms with Gasteiger partial charge in [0.15, 0.2) is 0 Å². The molecule has 0 fully saturated rings. The topological polar surface area (TPSA) is 32.9 Å². The van der Waals surface area contributed by atoms with Gasteiger partial charge >= 0.3 is 0 Å². The van der Waals surface area contributed by atoms with E-state index in [0.29, 0.717) is 11.8 Å². The zero-order valence-electron chi connectivity index (χ0n) is 13.1. The molecule has 0 saturated carbocycles. The van der Waals surface area contributed by atoms with Gasteiger partial charge in [0, 0.05) is 11.8 Å². The average Bonchev–Trinajstić information content (AvgIpc) is 2.40. The summed E-state index contributed by atoms with van der Waals surface area (Å²) in [4.78, 5) is 13.6. The number of H-pyrrole nitrogens is 1. The molecule has 0 saturated heterocycles. The number of hydrogen-bond donors (Lipinski definition) is 1. The lowest BCUT2D eigenvalue weighted by molar-refractivity contribution is 0.844. The third-order valence-electron chi connectivity index (χ3n) is 3.28. The highest BCUT2D eigenvalue weighted by Gasteiger charge is 2.01. The molecule has 1 heterocycles. The molecular formula is C19H29NO. The van der Waals surface area contributed by atoms with Gasteiger partial charge in [-0.2, -0.15) is 0 Å². The van der Waals surface area contributed by atoms with E-state index in [0.717, 1.165) is 5.56 Å². The van der Waals surface area contributed by atoms with Crippen LogP contribution in [-0.4, -0.2) is 4.98 Å². The average molecular weight is 287 g/mol. The first-order valence-corrected chi connectivity index (χ1v) is 7.16. The molecule has 116 valence electrons. The van der Waals surface area contributed by atoms with Crippen molar-refractivity contribution in [3.05, 3.63) is 69.6 Å². The molecule has 0 unspecified atom stereocenters. The van der Waals surface area contributed by atoms with Gasteiger partial charge in [0.1, 0.15) is 0 Å². The highest BCUT2D eigenvalue weighted by Crippen LogP contribution is 2.17. The van der Waals surface area contributed by atoms with E-state index in [2.05, 4.69) is 50.0 Å². The third-order valence-corrected chi connectivity index (χ3v) is 3.28. The van der Waals surface area contributed by atoms with Crippen molar-refractivity contribution in [3.63, 3.8) is 0 Å². The fourth-order valence-corrected chi connectivity index (χ4v) is 2.12. The van der Waals surface area contributed by atoms with Gasteiger partial charge in [-0.1, -0.05) is 65.5 Å². The van der Waals surface area contributed by atoms with E-state index in [1.165, 1.54) is 11.1 Å². The summed E-state index contributed by atoms with van der Waals surface area (Å²) in [6.45, 7) is 10.6. The lowest BCUT2D eigenvalue weighted by atomic mass is 9.99. The van der Waals surface area contributed by atoms with Crippen LogP contribution in [0.5, 0.6) is 0 Å². The van der Waals surface area contributed by atoms with Crippen LogP contribution in [0.1, 0.15) is 63.6 Å². The third kappa shape index (κ3) is 5.99. The van der Waals surface area contributed by atoms with Crippen molar-refractivity contribution in [2.45, 2.75) is 53.9 Å². The number of aromatic amines is 1. The molecule has 0 aliphatic heterocycles. The normalized spacial score (nSPS) is 9.86. The molecule has 0 radical (unpaired) electrons. The molecule has 0 aliphatic rings. The van der Waals surface area contributed by atoms with Crippen molar-refractivity contribution in [3.8, 4) is 0 Å². The number of aromatic nitrogens is 1. The molecule has 0 aliphatic carbocycles. The molecule has 2 heteroatoms. The van der Waals surface area contributed by atoms with Crippen LogP contribution in [0.15, 0.2) is 47.4 Å². The Bertz CT molecular complexity index is 582. The second-order valence-electron chi connectivity index (χ2n) is 5.62. The molecule has 1 aromatic heterocycles. The maximum absolute atomic E-state index is 11.0. The molecule has 2 nitrogen and oxygen atoms in total. The van der Waals surface area contributed by atoms with Gasteiger partial charge in [-0.05, 0) is 36.0 Å². The lowest BCUT2D eigenvalue weighted by Gasteiger charge is -2.07. The van der Waals surface area contributed by atoms with E-state index in [9.17, 15) is 4.79 Å². The highest BCUT2D eigenvalue weighted by molar-refractivity contribution is 5.27. The summed E-state index contributed by atoms with van der Waals surface area (Å²) in [6, 6.07) is 12.2. The van der Waals surface area contributed by atoms with Crippen molar-refractivity contribution in [1.29, 1.82) is 0 Å². The Balaban J connectivity index is 0.000000364. The first-order chi connectivity index (χ1) is 9.43. The number of pyridine rings is 1. The lowest BCUT2D eigenvalue weighted by Crippen LogP contribution is -2.11. The zero-order valence-corrected chi connectivity index (χ0v) is 13.1. The first kappa shape index (κ1) is 19.2. The highest BCUT2D eigenvalue weighted by atomic mass is 16.1. The van der Waals surface area contributed by atoms with Crippen molar-refractivity contribution < 1.29 is 0 Å². The second-order valence-corrected chi connectivity index (χ2v) is 5.62. The summed E-state index contributed by atoms with van der Waals surface area (Å²) in [5.41, 5.74) is 3.74. The Labute approximate surface area is 129 Å². The largest absolute Gasteiger partial charge is 0.329 e. The van der Waals surface area contributed by atoms with Crippen molar-refractivity contribution in [2.75, 3.05) is 0 Å². The van der Waals surface area contributed by atoms with Gasteiger partial charge in [-0.15, -0.1) is 0 Å². The fourth-order valence-electron chi connectivity index (χ4n) is 2.12. The van der Waals surface area contributed by atoms with Crippen LogP contribution in [-0.2, 0) is 0 Å². The zero-order chi connectivity index (χ0) is 15.1. The maximum Gasteiger partial charge on any atom is 0.251 e. The SMILES string of the molecule is C.CC(C)c1ccc[nH]c1=O.Cc1ccccc1C(C)C. The molecule has 0 amide bonds. The van der Waals surface area contributed by atoms with Gasteiger partial charge in [0.05, 0.1) is 0 Å². The number of nitrogens with one attached hydrogen (secondary N) is 1. The summed E-state index contributed by atoms with van der Waals surface area (Å²) in [5.74, 6) is 0.964. The Morgan fingerprint density at radius 2 is 1.38 bits per heavy atom. The fraction of sp³-hybridized carbons (Fsp3) is 0.421. The van der Waals surface area contributed by atoms with Crippen LogP contribution in [0.25, 0.3) is 0 Å². The van der Waals surface area contributed by atoms with Crippen molar-refractivity contribution in [1.82, 2.24) is 4.98 Å². The summed E-state index contributed by atoms with van der Waals surface area (Å²) >= 11 is 0. The minimum Gasteiger partial charge on any atom is -0.329 e. The van der Waals surface area contributed by atoms with E-state index in [1.807, 2.05) is 26.0 Å². The predicted molar refractivity (Wildman–Crippen MR) is 93.2 cm³/mol. The molecule has 0 atom stereocenters. The van der Waals surface area contributed by atoms with Crippen LogP contribution in [0, 0.1) is 6.92 Å². The molecule has 1 aromatic carbocycles. The number of aryl methyl sites for hydroxylation is 1. The van der Waals surface area contributed by atoms with Gasteiger partial charge in [-0.3, -0.25) is 4.79 Å². The summed E-state index contributed by atoms with van der Waals surface area (Å²) in [5, 5.41) is 0. The molecule has 0 spiro atoms. The van der Waals surface area contributed by atoms with E-state index in [-0.39, 0.29) is 13.0 Å². The van der Waals surface area contributed by atoms with Crippen LogP contribution in [0.4, 0.5) is 0 Å². The Morgan fingerprint density at radius 3 is 1.76 bits per heavy atom. The predicted octanol–water partition coefficient (Wildman–Crippen LogP) is 5.25. The molecule has 2 aromatic rings. The van der Waals surface area contributed by atoms with Gasteiger partial charge in [-0.25, -0.2) is 0 Å². The molecular weight excluding hydrogens is 258 g/mol. The summed E-state index contributed by atoms with van der Waals surface area (Å²) in [6.07, 6.45) is 1.65. The van der Waals surface area contributed by atoms with E-state index in [1.54, 1.807) is 6.20 Å². The number of hydrogen-bond acceptors (Lipinski definition) is 1. The molecule has 2 rings (SSSR count). The minimum atomic E-state index is 0. The number of rotatable bonds is 2. The Hall–Kier alpha value is -1.83. The van der Waals surface area contributed by atoms with Gasteiger partial charge < -0.3 is 4.98 Å². The van der Waals surface area contributed by atoms with E-state index < -0.39 is 0 Å². The molecule has 0 bridgehead atoms. The van der Waals surface area contributed by atoms with Crippen LogP contribution in [0.2, 0.25) is 0 Å². The van der Waals surface area contributed by atoms with Crippen LogP contribution >= 0.6 is 0 Å². The Kier molecular flexibility index (Phi) is 8.37. The standard InChI is InChI=1S/C10H14.C8H11NO.CH4/c1-8(2)10-7-5-4-6-9(10)3;1-6(2)7-4-3-5-9-8(7)10;/h4-8H,1-3H3;3-6H,1-2H3,(H,9,10);1H4.